The second kappa shape index (κ2) is 8.02. The number of piperidine rings is 1. The minimum atomic E-state index is 0.493. The molecule has 2 rings (SSSR count). The van der Waals surface area contributed by atoms with Crippen molar-refractivity contribution in [1.82, 2.24) is 10.2 Å². The molecule has 1 aliphatic heterocycles. The van der Waals surface area contributed by atoms with E-state index in [0.717, 1.165) is 48.4 Å². The Morgan fingerprint density at radius 2 is 2.24 bits per heavy atom. The van der Waals surface area contributed by atoms with Crippen molar-refractivity contribution in [2.24, 2.45) is 5.92 Å². The van der Waals surface area contributed by atoms with Crippen LogP contribution < -0.4 is 10.1 Å². The van der Waals surface area contributed by atoms with Gasteiger partial charge < -0.3 is 10.1 Å². The first-order valence-corrected chi connectivity index (χ1v) is 8.25. The first kappa shape index (κ1) is 16.6. The van der Waals surface area contributed by atoms with E-state index in [1.54, 1.807) is 7.11 Å². The maximum absolute atomic E-state index is 6.38. The largest absolute Gasteiger partial charge is 0.496 e. The molecule has 1 aromatic carbocycles. The molecule has 1 heterocycles. The first-order chi connectivity index (χ1) is 10.1. The van der Waals surface area contributed by atoms with Crippen molar-refractivity contribution < 1.29 is 4.74 Å². The highest BCUT2D eigenvalue weighted by Crippen LogP contribution is 2.28. The molecule has 1 unspecified atom stereocenters. The lowest BCUT2D eigenvalue weighted by atomic mass is 9.98. The van der Waals surface area contributed by atoms with Crippen LogP contribution in [0.3, 0.4) is 0 Å². The van der Waals surface area contributed by atoms with Gasteiger partial charge in [-0.25, -0.2) is 0 Å². The van der Waals surface area contributed by atoms with Crippen LogP contribution in [0.25, 0.3) is 0 Å². The van der Waals surface area contributed by atoms with Crippen molar-refractivity contribution in [1.29, 1.82) is 0 Å². The minimum absolute atomic E-state index is 0.493. The third-order valence-electron chi connectivity index (χ3n) is 4.28. The van der Waals surface area contributed by atoms with Gasteiger partial charge in [0.2, 0.25) is 0 Å². The molecule has 0 aromatic heterocycles. The molecule has 0 aliphatic carbocycles. The average molecular weight is 311 g/mol. The maximum Gasteiger partial charge on any atom is 0.124 e. The molecule has 4 heteroatoms. The van der Waals surface area contributed by atoms with Crippen molar-refractivity contribution >= 4 is 11.6 Å². The Morgan fingerprint density at radius 1 is 1.43 bits per heavy atom. The normalized spacial score (nSPS) is 19.2. The molecule has 1 aliphatic rings. The van der Waals surface area contributed by atoms with Crippen LogP contribution >= 0.6 is 11.6 Å². The molecule has 1 atom stereocenters. The summed E-state index contributed by atoms with van der Waals surface area (Å²) in [6.45, 7) is 8.74. The van der Waals surface area contributed by atoms with Crippen LogP contribution in [0, 0.1) is 5.92 Å². The zero-order valence-electron chi connectivity index (χ0n) is 13.4. The number of benzene rings is 1. The quantitative estimate of drug-likeness (QED) is 0.869. The Bertz CT molecular complexity index is 444. The molecule has 21 heavy (non-hydrogen) atoms. The van der Waals surface area contributed by atoms with E-state index in [-0.39, 0.29) is 0 Å². The van der Waals surface area contributed by atoms with Crippen LogP contribution in [-0.4, -0.2) is 37.7 Å². The van der Waals surface area contributed by atoms with Crippen LogP contribution in [0.4, 0.5) is 0 Å². The molecule has 0 spiro atoms. The molecule has 1 fully saturated rings. The van der Waals surface area contributed by atoms with Gasteiger partial charge in [-0.15, -0.1) is 0 Å². The summed E-state index contributed by atoms with van der Waals surface area (Å²) in [7, 11) is 1.71. The number of ether oxygens (including phenoxy) is 1. The highest BCUT2D eigenvalue weighted by Gasteiger charge is 2.21. The Morgan fingerprint density at radius 3 is 2.86 bits per heavy atom. The van der Waals surface area contributed by atoms with Crippen LogP contribution in [0.1, 0.15) is 32.3 Å². The highest BCUT2D eigenvalue weighted by atomic mass is 35.5. The van der Waals surface area contributed by atoms with Gasteiger partial charge in [-0.05, 0) is 57.8 Å². The molecule has 0 saturated carbocycles. The SMILES string of the molecule is COc1cccc(Cl)c1CN(CC1CCCNC1)C(C)C. The summed E-state index contributed by atoms with van der Waals surface area (Å²) in [5.41, 5.74) is 1.10. The Labute approximate surface area is 133 Å². The topological polar surface area (TPSA) is 24.5 Å². The fourth-order valence-electron chi connectivity index (χ4n) is 2.96. The van der Waals surface area contributed by atoms with Crippen LogP contribution in [0.5, 0.6) is 5.75 Å². The summed E-state index contributed by atoms with van der Waals surface area (Å²) in [5, 5.41) is 4.29. The molecular weight excluding hydrogens is 284 g/mol. The smallest absolute Gasteiger partial charge is 0.124 e. The number of methoxy groups -OCH3 is 1. The number of hydrogen-bond acceptors (Lipinski definition) is 3. The Balaban J connectivity index is 2.09. The fourth-order valence-corrected chi connectivity index (χ4v) is 3.18. The third kappa shape index (κ3) is 4.60. The van der Waals surface area contributed by atoms with Crippen molar-refractivity contribution in [3.63, 3.8) is 0 Å². The predicted octanol–water partition coefficient (Wildman–Crippen LogP) is 3.56. The van der Waals surface area contributed by atoms with Gasteiger partial charge in [0.25, 0.3) is 0 Å². The van der Waals surface area contributed by atoms with E-state index < -0.39 is 0 Å². The van der Waals surface area contributed by atoms with Gasteiger partial charge in [-0.1, -0.05) is 17.7 Å². The molecule has 0 bridgehead atoms. The summed E-state index contributed by atoms with van der Waals surface area (Å²) in [4.78, 5) is 2.50. The molecule has 1 saturated heterocycles. The van der Waals surface area contributed by atoms with Gasteiger partial charge in [0.15, 0.2) is 0 Å². The maximum atomic E-state index is 6.38. The van der Waals surface area contributed by atoms with Crippen LogP contribution in [-0.2, 0) is 6.54 Å². The van der Waals surface area contributed by atoms with Gasteiger partial charge in [-0.3, -0.25) is 4.90 Å². The average Bonchev–Trinajstić information content (AvgIpc) is 2.49. The highest BCUT2D eigenvalue weighted by molar-refractivity contribution is 6.31. The van der Waals surface area contributed by atoms with Gasteiger partial charge in [-0.2, -0.15) is 0 Å². The number of hydrogen-bond donors (Lipinski definition) is 1. The second-order valence-corrected chi connectivity index (χ2v) is 6.56. The first-order valence-electron chi connectivity index (χ1n) is 7.88. The number of nitrogens with one attached hydrogen (secondary N) is 1. The predicted molar refractivity (Wildman–Crippen MR) is 89.1 cm³/mol. The van der Waals surface area contributed by atoms with Crippen molar-refractivity contribution in [3.8, 4) is 5.75 Å². The molecule has 3 nitrogen and oxygen atoms in total. The number of rotatable bonds is 6. The van der Waals surface area contributed by atoms with Crippen molar-refractivity contribution in [2.45, 2.75) is 39.3 Å². The van der Waals surface area contributed by atoms with E-state index in [1.807, 2.05) is 18.2 Å². The van der Waals surface area contributed by atoms with Crippen LogP contribution in [0.15, 0.2) is 18.2 Å². The van der Waals surface area contributed by atoms with E-state index >= 15 is 0 Å². The Kier molecular flexibility index (Phi) is 6.34. The summed E-state index contributed by atoms with van der Waals surface area (Å²) in [6, 6.07) is 6.37. The number of halogens is 1. The Hall–Kier alpha value is -0.770. The fraction of sp³-hybridized carbons (Fsp3) is 0.647. The lowest BCUT2D eigenvalue weighted by Crippen LogP contribution is -2.40. The van der Waals surface area contributed by atoms with Crippen molar-refractivity contribution in [2.75, 3.05) is 26.7 Å². The minimum Gasteiger partial charge on any atom is -0.496 e. The van der Waals surface area contributed by atoms with Gasteiger partial charge >= 0.3 is 0 Å². The second-order valence-electron chi connectivity index (χ2n) is 6.16. The lowest BCUT2D eigenvalue weighted by molar-refractivity contribution is 0.162. The van der Waals surface area contributed by atoms with E-state index in [0.29, 0.717) is 6.04 Å². The molecule has 1 aromatic rings. The van der Waals surface area contributed by atoms with Crippen molar-refractivity contribution in [3.05, 3.63) is 28.8 Å². The van der Waals surface area contributed by atoms with Gasteiger partial charge in [0.05, 0.1) is 7.11 Å². The lowest BCUT2D eigenvalue weighted by Gasteiger charge is -2.33. The molecule has 0 amide bonds. The molecule has 0 radical (unpaired) electrons. The van der Waals surface area contributed by atoms with E-state index in [4.69, 9.17) is 16.3 Å². The van der Waals surface area contributed by atoms with E-state index in [9.17, 15) is 0 Å². The summed E-state index contributed by atoms with van der Waals surface area (Å²) in [5.74, 6) is 1.62. The summed E-state index contributed by atoms with van der Waals surface area (Å²) < 4.78 is 5.47. The standard InChI is InChI=1S/C17H27ClN2O/c1-13(2)20(11-14-6-5-9-19-10-14)12-15-16(18)7-4-8-17(15)21-3/h4,7-8,13-14,19H,5-6,9-12H2,1-3H3. The van der Waals surface area contributed by atoms with E-state index in [1.165, 1.54) is 12.8 Å². The number of nitrogens with zero attached hydrogens (tertiary/aromatic N) is 1. The van der Waals surface area contributed by atoms with E-state index in [2.05, 4.69) is 24.1 Å². The monoisotopic (exact) mass is 310 g/mol. The third-order valence-corrected chi connectivity index (χ3v) is 4.63. The molecule has 1 N–H and O–H groups in total. The molecular formula is C17H27ClN2O. The van der Waals surface area contributed by atoms with Gasteiger partial charge in [0.1, 0.15) is 5.75 Å². The zero-order chi connectivity index (χ0) is 15.2. The van der Waals surface area contributed by atoms with Crippen LogP contribution in [0.2, 0.25) is 5.02 Å². The zero-order valence-corrected chi connectivity index (χ0v) is 14.1. The van der Waals surface area contributed by atoms with Gasteiger partial charge in [0, 0.05) is 29.7 Å². The summed E-state index contributed by atoms with van der Waals surface area (Å²) in [6.07, 6.45) is 2.60. The molecule has 118 valence electrons. The summed E-state index contributed by atoms with van der Waals surface area (Å²) >= 11 is 6.38.